The Morgan fingerprint density at radius 1 is 1.11 bits per heavy atom. The van der Waals surface area contributed by atoms with Crippen molar-refractivity contribution in [3.63, 3.8) is 0 Å². The fourth-order valence-electron chi connectivity index (χ4n) is 2.13. The smallest absolute Gasteiger partial charge is 0.317 e. The first-order chi connectivity index (χ1) is 9.09. The lowest BCUT2D eigenvalue weighted by molar-refractivity contribution is -0.137. The number of aliphatic carboxylic acids is 1. The highest BCUT2D eigenvalue weighted by atomic mass is 16.4. The van der Waals surface area contributed by atoms with Crippen molar-refractivity contribution in [3.05, 3.63) is 0 Å². The average Bonchev–Trinajstić information content (AvgIpc) is 2.38. The Kier molecular flexibility index (Phi) is 7.25. The van der Waals surface area contributed by atoms with Crippen molar-refractivity contribution in [2.75, 3.05) is 19.6 Å². The molecule has 1 rings (SSSR count). The minimum Gasteiger partial charge on any atom is -0.481 e. The van der Waals surface area contributed by atoms with E-state index in [2.05, 4.69) is 5.32 Å². The molecule has 1 aliphatic heterocycles. The fraction of sp³-hybridized carbons (Fsp3) is 0.846. The zero-order valence-corrected chi connectivity index (χ0v) is 11.3. The second-order valence-electron chi connectivity index (χ2n) is 5.01. The van der Waals surface area contributed by atoms with Gasteiger partial charge in [0.15, 0.2) is 0 Å². The lowest BCUT2D eigenvalue weighted by Crippen LogP contribution is -2.45. The van der Waals surface area contributed by atoms with Gasteiger partial charge in [0.1, 0.15) is 0 Å². The molecule has 0 saturated carbocycles. The first kappa shape index (κ1) is 15.8. The van der Waals surface area contributed by atoms with Gasteiger partial charge in [0, 0.05) is 26.1 Å². The average molecular weight is 272 g/mol. The Balaban J connectivity index is 1.97. The number of aliphatic hydroxyl groups excluding tert-OH is 1. The standard InChI is InChI=1S/C13H24N2O4/c16-11-6-9-15(10-7-11)13(19)14-8-4-2-1-3-5-12(17)18/h11,16H,1-10H2,(H,14,19)(H,17,18). The summed E-state index contributed by atoms with van der Waals surface area (Å²) in [5.74, 6) is -0.749. The highest BCUT2D eigenvalue weighted by Crippen LogP contribution is 2.09. The topological polar surface area (TPSA) is 89.9 Å². The van der Waals surface area contributed by atoms with E-state index in [1.165, 1.54) is 0 Å². The summed E-state index contributed by atoms with van der Waals surface area (Å²) in [7, 11) is 0. The van der Waals surface area contributed by atoms with Crippen LogP contribution in [0.25, 0.3) is 0 Å². The van der Waals surface area contributed by atoms with Crippen LogP contribution in [-0.2, 0) is 4.79 Å². The van der Waals surface area contributed by atoms with Gasteiger partial charge in [-0.3, -0.25) is 4.79 Å². The molecule has 110 valence electrons. The van der Waals surface area contributed by atoms with Crippen molar-refractivity contribution in [2.45, 2.75) is 51.0 Å². The third-order valence-corrected chi connectivity index (χ3v) is 3.35. The summed E-state index contributed by atoms with van der Waals surface area (Å²) in [6, 6.07) is -0.0579. The molecule has 0 radical (unpaired) electrons. The number of amides is 2. The van der Waals surface area contributed by atoms with Gasteiger partial charge in [-0.1, -0.05) is 12.8 Å². The van der Waals surface area contributed by atoms with Crippen molar-refractivity contribution in [1.82, 2.24) is 10.2 Å². The van der Waals surface area contributed by atoms with Crippen molar-refractivity contribution in [3.8, 4) is 0 Å². The molecule has 6 heteroatoms. The SMILES string of the molecule is O=C(O)CCCCCCNC(=O)N1CCC(O)CC1. The van der Waals surface area contributed by atoms with Crippen molar-refractivity contribution >= 4 is 12.0 Å². The van der Waals surface area contributed by atoms with Gasteiger partial charge in [-0.2, -0.15) is 0 Å². The van der Waals surface area contributed by atoms with Crippen molar-refractivity contribution in [1.29, 1.82) is 0 Å². The van der Waals surface area contributed by atoms with E-state index in [9.17, 15) is 14.7 Å². The van der Waals surface area contributed by atoms with Crippen LogP contribution in [0.5, 0.6) is 0 Å². The number of nitrogens with one attached hydrogen (secondary N) is 1. The van der Waals surface area contributed by atoms with Crippen LogP contribution in [0.15, 0.2) is 0 Å². The number of carbonyl (C=O) groups excluding carboxylic acids is 1. The molecule has 2 amide bonds. The molecule has 1 saturated heterocycles. The molecule has 3 N–H and O–H groups in total. The molecule has 6 nitrogen and oxygen atoms in total. The fourth-order valence-corrected chi connectivity index (χ4v) is 2.13. The number of hydrogen-bond donors (Lipinski definition) is 3. The molecule has 1 heterocycles. The monoisotopic (exact) mass is 272 g/mol. The lowest BCUT2D eigenvalue weighted by atomic mass is 10.1. The van der Waals surface area contributed by atoms with Gasteiger partial charge in [-0.25, -0.2) is 4.79 Å². The molecule has 1 fully saturated rings. The summed E-state index contributed by atoms with van der Waals surface area (Å²) in [6.45, 7) is 1.86. The first-order valence-electron chi connectivity index (χ1n) is 7.02. The molecule has 19 heavy (non-hydrogen) atoms. The van der Waals surface area contributed by atoms with E-state index >= 15 is 0 Å². The summed E-state index contributed by atoms with van der Waals surface area (Å²) in [6.07, 6.45) is 4.67. The normalized spacial score (nSPS) is 16.4. The molecule has 0 bridgehead atoms. The Hall–Kier alpha value is -1.30. The number of nitrogens with zero attached hydrogens (tertiary/aromatic N) is 1. The Bertz CT molecular complexity index is 288. The maximum Gasteiger partial charge on any atom is 0.317 e. The number of piperidine rings is 1. The number of carboxylic acids is 1. The van der Waals surface area contributed by atoms with Gasteiger partial charge in [0.05, 0.1) is 6.10 Å². The van der Waals surface area contributed by atoms with E-state index < -0.39 is 5.97 Å². The number of carboxylic acid groups (broad SMARTS) is 1. The van der Waals surface area contributed by atoms with Crippen LogP contribution in [-0.4, -0.2) is 52.9 Å². The second-order valence-corrected chi connectivity index (χ2v) is 5.01. The molecule has 1 aliphatic rings. The van der Waals surface area contributed by atoms with Gasteiger partial charge in [0.2, 0.25) is 0 Å². The van der Waals surface area contributed by atoms with Crippen LogP contribution in [0.2, 0.25) is 0 Å². The molecule has 0 aromatic carbocycles. The quantitative estimate of drug-likeness (QED) is 0.607. The van der Waals surface area contributed by atoms with Crippen molar-refractivity contribution < 1.29 is 19.8 Å². The van der Waals surface area contributed by atoms with Crippen LogP contribution in [0.3, 0.4) is 0 Å². The number of likely N-dealkylation sites (tertiary alicyclic amines) is 1. The number of rotatable bonds is 7. The van der Waals surface area contributed by atoms with E-state index in [1.807, 2.05) is 0 Å². The van der Waals surface area contributed by atoms with Crippen LogP contribution in [0, 0.1) is 0 Å². The molecule has 0 aromatic rings. The molecular formula is C13H24N2O4. The molecule has 0 aromatic heterocycles. The van der Waals surface area contributed by atoms with Gasteiger partial charge < -0.3 is 20.4 Å². The predicted octanol–water partition coefficient (Wildman–Crippen LogP) is 1.19. The zero-order valence-electron chi connectivity index (χ0n) is 11.3. The summed E-state index contributed by atoms with van der Waals surface area (Å²) < 4.78 is 0. The third kappa shape index (κ3) is 7.00. The Labute approximate surface area is 113 Å². The Morgan fingerprint density at radius 3 is 2.37 bits per heavy atom. The number of unbranched alkanes of at least 4 members (excludes halogenated alkanes) is 3. The summed E-state index contributed by atoms with van der Waals surface area (Å²) in [4.78, 5) is 23.8. The summed E-state index contributed by atoms with van der Waals surface area (Å²) in [5, 5.41) is 20.7. The molecule has 0 aliphatic carbocycles. The van der Waals surface area contributed by atoms with Crippen LogP contribution in [0.1, 0.15) is 44.9 Å². The third-order valence-electron chi connectivity index (χ3n) is 3.35. The number of aliphatic hydroxyl groups is 1. The minimum absolute atomic E-state index is 0.0579. The zero-order chi connectivity index (χ0) is 14.1. The number of carbonyl (C=O) groups is 2. The lowest BCUT2D eigenvalue weighted by Gasteiger charge is -2.29. The number of hydrogen-bond acceptors (Lipinski definition) is 3. The number of urea groups is 1. The second kappa shape index (κ2) is 8.74. The largest absolute Gasteiger partial charge is 0.481 e. The van der Waals surface area contributed by atoms with Crippen LogP contribution >= 0.6 is 0 Å². The summed E-state index contributed by atoms with van der Waals surface area (Å²) in [5.41, 5.74) is 0. The Morgan fingerprint density at radius 2 is 1.74 bits per heavy atom. The first-order valence-corrected chi connectivity index (χ1v) is 7.02. The van der Waals surface area contributed by atoms with Crippen LogP contribution < -0.4 is 5.32 Å². The molecule has 0 unspecified atom stereocenters. The van der Waals surface area contributed by atoms with Gasteiger partial charge >= 0.3 is 12.0 Å². The maximum atomic E-state index is 11.7. The van der Waals surface area contributed by atoms with Gasteiger partial charge in [0.25, 0.3) is 0 Å². The molecule has 0 spiro atoms. The maximum absolute atomic E-state index is 11.7. The summed E-state index contributed by atoms with van der Waals surface area (Å²) >= 11 is 0. The van der Waals surface area contributed by atoms with E-state index in [4.69, 9.17) is 5.11 Å². The highest BCUT2D eigenvalue weighted by molar-refractivity contribution is 5.74. The highest BCUT2D eigenvalue weighted by Gasteiger charge is 2.20. The van der Waals surface area contributed by atoms with Gasteiger partial charge in [-0.15, -0.1) is 0 Å². The molecular weight excluding hydrogens is 248 g/mol. The van der Waals surface area contributed by atoms with E-state index in [1.54, 1.807) is 4.90 Å². The van der Waals surface area contributed by atoms with E-state index in [0.717, 1.165) is 19.3 Å². The van der Waals surface area contributed by atoms with Gasteiger partial charge in [-0.05, 0) is 25.7 Å². The van der Waals surface area contributed by atoms with E-state index in [-0.39, 0.29) is 18.6 Å². The predicted molar refractivity (Wildman–Crippen MR) is 70.9 cm³/mol. The minimum atomic E-state index is -0.749. The molecule has 0 atom stereocenters. The van der Waals surface area contributed by atoms with Crippen LogP contribution in [0.4, 0.5) is 4.79 Å². The van der Waals surface area contributed by atoms with E-state index in [0.29, 0.717) is 38.9 Å². The van der Waals surface area contributed by atoms with Crippen molar-refractivity contribution in [2.24, 2.45) is 0 Å².